The summed E-state index contributed by atoms with van der Waals surface area (Å²) < 4.78 is -0.303. The van der Waals surface area contributed by atoms with Crippen LogP contribution in [0.25, 0.3) is 0 Å². The zero-order valence-electron chi connectivity index (χ0n) is 11.3. The molecule has 0 aliphatic carbocycles. The predicted molar refractivity (Wildman–Crippen MR) is 78.2 cm³/mol. The van der Waals surface area contributed by atoms with Gasteiger partial charge in [-0.05, 0) is 37.7 Å². The van der Waals surface area contributed by atoms with E-state index in [1.807, 2.05) is 42.3 Å². The number of nitrogens with zero attached hydrogens (tertiary/aromatic N) is 2. The predicted octanol–water partition coefficient (Wildman–Crippen LogP) is 2.86. The van der Waals surface area contributed by atoms with Crippen LogP contribution in [0, 0.1) is 18.3 Å². The molecule has 3 nitrogen and oxygen atoms in total. The number of hydrogen-bond acceptors (Lipinski definition) is 3. The van der Waals surface area contributed by atoms with Crippen molar-refractivity contribution in [1.82, 2.24) is 4.90 Å². The number of benzene rings is 1. The maximum atomic E-state index is 12.4. The molecule has 2 rings (SSSR count). The van der Waals surface area contributed by atoms with Gasteiger partial charge in [0.1, 0.15) is 4.75 Å². The molecule has 1 aliphatic heterocycles. The van der Waals surface area contributed by atoms with Crippen LogP contribution in [0.1, 0.15) is 28.8 Å². The van der Waals surface area contributed by atoms with Crippen molar-refractivity contribution in [1.29, 1.82) is 5.26 Å². The van der Waals surface area contributed by atoms with E-state index in [9.17, 15) is 10.1 Å². The Morgan fingerprint density at radius 2 is 2.00 bits per heavy atom. The minimum atomic E-state index is -0.303. The Bertz CT molecular complexity index is 513. The van der Waals surface area contributed by atoms with Crippen molar-refractivity contribution < 1.29 is 4.79 Å². The van der Waals surface area contributed by atoms with Gasteiger partial charge in [-0.2, -0.15) is 5.26 Å². The molecule has 0 unspecified atom stereocenters. The largest absolute Gasteiger partial charge is 0.338 e. The summed E-state index contributed by atoms with van der Waals surface area (Å²) in [6, 6.07) is 10.1. The van der Waals surface area contributed by atoms with E-state index in [-0.39, 0.29) is 10.7 Å². The summed E-state index contributed by atoms with van der Waals surface area (Å²) in [5.41, 5.74) is 1.78. The van der Waals surface area contributed by atoms with E-state index < -0.39 is 0 Å². The average Bonchev–Trinajstić information content (AvgIpc) is 2.47. The molecule has 0 bridgehead atoms. The fraction of sp³-hybridized carbons (Fsp3) is 0.467. The van der Waals surface area contributed by atoms with Gasteiger partial charge in [0.05, 0.1) is 6.07 Å². The Morgan fingerprint density at radius 3 is 2.53 bits per heavy atom. The Hall–Kier alpha value is -1.47. The summed E-state index contributed by atoms with van der Waals surface area (Å²) in [5.74, 6) is 0.0887. The van der Waals surface area contributed by atoms with E-state index in [4.69, 9.17) is 0 Å². The molecule has 100 valence electrons. The Morgan fingerprint density at radius 1 is 1.37 bits per heavy atom. The first-order valence-electron chi connectivity index (χ1n) is 6.43. The Kier molecular flexibility index (Phi) is 4.16. The average molecular weight is 274 g/mol. The lowest BCUT2D eigenvalue weighted by Crippen LogP contribution is -2.44. The Balaban J connectivity index is 2.09. The summed E-state index contributed by atoms with van der Waals surface area (Å²) in [5, 5.41) is 9.25. The van der Waals surface area contributed by atoms with Crippen LogP contribution in [0.2, 0.25) is 0 Å². The molecule has 1 aromatic carbocycles. The van der Waals surface area contributed by atoms with Gasteiger partial charge in [0.25, 0.3) is 5.91 Å². The normalized spacial score (nSPS) is 17.8. The highest BCUT2D eigenvalue weighted by atomic mass is 32.2. The topological polar surface area (TPSA) is 44.1 Å². The molecule has 19 heavy (non-hydrogen) atoms. The highest BCUT2D eigenvalue weighted by Gasteiger charge is 2.35. The number of nitriles is 1. The van der Waals surface area contributed by atoms with Crippen molar-refractivity contribution in [2.75, 3.05) is 19.3 Å². The molecule has 1 heterocycles. The standard InChI is InChI=1S/C15H18N2OS/c1-12-5-3-4-6-13(12)14(18)17-9-7-15(11-16,19-2)8-10-17/h3-6H,7-10H2,1-2H3. The molecule has 0 saturated carbocycles. The van der Waals surface area contributed by atoms with Crippen LogP contribution in [0.4, 0.5) is 0 Å². The molecule has 0 N–H and O–H groups in total. The highest BCUT2D eigenvalue weighted by molar-refractivity contribution is 8.00. The number of piperidine rings is 1. The van der Waals surface area contributed by atoms with Crippen LogP contribution in [-0.2, 0) is 0 Å². The SMILES string of the molecule is CSC1(C#N)CCN(C(=O)c2ccccc2C)CC1. The van der Waals surface area contributed by atoms with E-state index in [2.05, 4.69) is 6.07 Å². The van der Waals surface area contributed by atoms with Crippen LogP contribution in [-0.4, -0.2) is 34.9 Å². The van der Waals surface area contributed by atoms with Crippen molar-refractivity contribution in [2.24, 2.45) is 0 Å². The molecule has 1 saturated heterocycles. The van der Waals surface area contributed by atoms with E-state index in [0.717, 1.165) is 24.0 Å². The van der Waals surface area contributed by atoms with Gasteiger partial charge in [-0.3, -0.25) is 4.79 Å². The maximum absolute atomic E-state index is 12.4. The van der Waals surface area contributed by atoms with E-state index >= 15 is 0 Å². The minimum absolute atomic E-state index is 0.0887. The summed E-state index contributed by atoms with van der Waals surface area (Å²) in [6.07, 6.45) is 3.48. The number of likely N-dealkylation sites (tertiary alicyclic amines) is 1. The molecule has 1 aliphatic rings. The lowest BCUT2D eigenvalue weighted by molar-refractivity contribution is 0.0716. The number of aryl methyl sites for hydroxylation is 1. The smallest absolute Gasteiger partial charge is 0.254 e. The summed E-state index contributed by atoms with van der Waals surface area (Å²) >= 11 is 1.61. The zero-order chi connectivity index (χ0) is 13.9. The fourth-order valence-electron chi connectivity index (χ4n) is 2.42. The van der Waals surface area contributed by atoms with Crippen molar-refractivity contribution in [3.05, 3.63) is 35.4 Å². The number of rotatable bonds is 2. The second-order valence-corrected chi connectivity index (χ2v) is 6.11. The van der Waals surface area contributed by atoms with Crippen molar-refractivity contribution in [2.45, 2.75) is 24.5 Å². The van der Waals surface area contributed by atoms with Gasteiger partial charge in [-0.1, -0.05) is 18.2 Å². The Labute approximate surface area is 118 Å². The first-order valence-corrected chi connectivity index (χ1v) is 7.66. The molecule has 0 atom stereocenters. The molecule has 0 aromatic heterocycles. The molecular weight excluding hydrogens is 256 g/mol. The van der Waals surface area contributed by atoms with Gasteiger partial charge < -0.3 is 4.90 Å². The van der Waals surface area contributed by atoms with E-state index in [1.54, 1.807) is 11.8 Å². The second kappa shape index (κ2) is 5.66. The molecule has 0 spiro atoms. The van der Waals surface area contributed by atoms with Gasteiger partial charge in [0, 0.05) is 18.7 Å². The molecule has 1 aromatic rings. The third-order valence-electron chi connectivity index (χ3n) is 3.83. The second-order valence-electron chi connectivity index (χ2n) is 4.92. The van der Waals surface area contributed by atoms with Crippen molar-refractivity contribution in [3.63, 3.8) is 0 Å². The van der Waals surface area contributed by atoms with Crippen molar-refractivity contribution in [3.8, 4) is 6.07 Å². The van der Waals surface area contributed by atoms with Crippen LogP contribution in [0.15, 0.2) is 24.3 Å². The molecule has 1 fully saturated rings. The summed E-state index contributed by atoms with van der Waals surface area (Å²) in [4.78, 5) is 14.3. The number of thioether (sulfide) groups is 1. The third kappa shape index (κ3) is 2.76. The van der Waals surface area contributed by atoms with E-state index in [0.29, 0.717) is 13.1 Å². The van der Waals surface area contributed by atoms with Crippen LogP contribution >= 0.6 is 11.8 Å². The summed E-state index contributed by atoms with van der Waals surface area (Å²) in [6.45, 7) is 3.29. The molecule has 0 radical (unpaired) electrons. The van der Waals surface area contributed by atoms with Gasteiger partial charge >= 0.3 is 0 Å². The van der Waals surface area contributed by atoms with E-state index in [1.165, 1.54) is 0 Å². The van der Waals surface area contributed by atoms with Crippen LogP contribution in [0.3, 0.4) is 0 Å². The van der Waals surface area contributed by atoms with Crippen LogP contribution in [0.5, 0.6) is 0 Å². The number of carbonyl (C=O) groups is 1. The lowest BCUT2D eigenvalue weighted by atomic mass is 9.96. The van der Waals surface area contributed by atoms with Gasteiger partial charge in [-0.25, -0.2) is 0 Å². The van der Waals surface area contributed by atoms with Gasteiger partial charge in [0.15, 0.2) is 0 Å². The quantitative estimate of drug-likeness (QED) is 0.833. The third-order valence-corrected chi connectivity index (χ3v) is 5.11. The minimum Gasteiger partial charge on any atom is -0.338 e. The molecule has 4 heteroatoms. The first kappa shape index (κ1) is 14.0. The monoisotopic (exact) mass is 274 g/mol. The number of carbonyl (C=O) groups excluding carboxylic acids is 1. The van der Waals surface area contributed by atoms with Crippen LogP contribution < -0.4 is 0 Å². The zero-order valence-corrected chi connectivity index (χ0v) is 12.2. The number of amides is 1. The number of hydrogen-bond donors (Lipinski definition) is 0. The molecular formula is C15H18N2OS. The molecule has 1 amide bonds. The lowest BCUT2D eigenvalue weighted by Gasteiger charge is -2.36. The fourth-order valence-corrected chi connectivity index (χ4v) is 3.10. The van der Waals surface area contributed by atoms with Crippen molar-refractivity contribution >= 4 is 17.7 Å². The highest BCUT2D eigenvalue weighted by Crippen LogP contribution is 2.34. The summed E-state index contributed by atoms with van der Waals surface area (Å²) in [7, 11) is 0. The first-order chi connectivity index (χ1) is 9.12. The maximum Gasteiger partial charge on any atom is 0.254 e. The van der Waals surface area contributed by atoms with Gasteiger partial charge in [0.2, 0.25) is 0 Å². The van der Waals surface area contributed by atoms with Gasteiger partial charge in [-0.15, -0.1) is 11.8 Å².